The van der Waals surface area contributed by atoms with E-state index in [1.165, 1.54) is 141 Å². The highest BCUT2D eigenvalue weighted by Gasteiger charge is 2.30. The molecule has 0 bridgehead atoms. The van der Waals surface area contributed by atoms with E-state index in [2.05, 4.69) is 27.7 Å². The van der Waals surface area contributed by atoms with Crippen LogP contribution in [-0.2, 0) is 65.4 Å². The quantitative estimate of drug-likeness (QED) is 0.0222. The summed E-state index contributed by atoms with van der Waals surface area (Å²) >= 11 is 0. The molecular formula is C62H120O17P2. The van der Waals surface area contributed by atoms with Crippen molar-refractivity contribution in [3.8, 4) is 0 Å². The number of hydrogen-bond donors (Lipinski definition) is 3. The van der Waals surface area contributed by atoms with Crippen molar-refractivity contribution in [2.75, 3.05) is 39.6 Å². The molecule has 0 aromatic carbocycles. The summed E-state index contributed by atoms with van der Waals surface area (Å²) in [4.78, 5) is 71.5. The Kier molecular flexibility index (Phi) is 55.8. The minimum Gasteiger partial charge on any atom is -0.462 e. The molecule has 0 aliphatic rings. The predicted molar refractivity (Wildman–Crippen MR) is 322 cm³/mol. The van der Waals surface area contributed by atoms with Gasteiger partial charge < -0.3 is 33.8 Å². The summed E-state index contributed by atoms with van der Waals surface area (Å²) in [5.74, 6) is -2.16. The summed E-state index contributed by atoms with van der Waals surface area (Å²) in [6, 6.07) is 0. The van der Waals surface area contributed by atoms with Crippen molar-refractivity contribution in [2.24, 2.45) is 0 Å². The molecule has 0 radical (unpaired) electrons. The Morgan fingerprint density at radius 3 is 0.728 bits per heavy atom. The van der Waals surface area contributed by atoms with Gasteiger partial charge in [0.15, 0.2) is 12.2 Å². The molecule has 0 heterocycles. The maximum atomic E-state index is 13.0. The number of unbranched alkanes of at least 4 members (excludes halogenated alkanes) is 37. The molecule has 0 amide bonds. The van der Waals surface area contributed by atoms with Crippen molar-refractivity contribution >= 4 is 39.5 Å². The number of aliphatic hydroxyl groups excluding tert-OH is 1. The van der Waals surface area contributed by atoms with E-state index < -0.39 is 97.5 Å². The Morgan fingerprint density at radius 2 is 0.494 bits per heavy atom. The fraction of sp³-hybridized carbons (Fsp3) is 0.935. The molecule has 0 saturated carbocycles. The standard InChI is InChI=1S/C62H120O17P2/c1-5-9-13-17-19-21-23-24-25-26-27-28-29-30-31-33-35-37-41-45-49-62(67)79-58(53-73-60(65)47-43-40-36-34-32-22-20-18-14-10-6-2)55-77-81(70,71)75-51-56(63)50-74-80(68,69)76-54-57(78-61(66)48-44-39-16-12-8-4)52-72-59(64)46-42-38-15-11-7-3/h56-58,63H,5-55H2,1-4H3,(H,68,69)(H,70,71)/t56-,57+,58+/m0/s1. The van der Waals surface area contributed by atoms with Crippen LogP contribution in [0.3, 0.4) is 0 Å². The molecule has 480 valence electrons. The molecule has 0 saturated heterocycles. The van der Waals surface area contributed by atoms with Crippen molar-refractivity contribution in [2.45, 2.75) is 335 Å². The average molecular weight is 1200 g/mol. The molecule has 0 aliphatic carbocycles. The zero-order valence-electron chi connectivity index (χ0n) is 51.7. The number of esters is 4. The number of phosphoric acid groups is 2. The molecule has 17 nitrogen and oxygen atoms in total. The summed E-state index contributed by atoms with van der Waals surface area (Å²) in [7, 11) is -9.86. The Hall–Kier alpha value is -1.94. The van der Waals surface area contributed by atoms with Gasteiger partial charge in [-0.3, -0.25) is 37.3 Å². The lowest BCUT2D eigenvalue weighted by molar-refractivity contribution is -0.161. The van der Waals surface area contributed by atoms with E-state index in [4.69, 9.17) is 37.0 Å². The molecule has 19 heteroatoms. The maximum Gasteiger partial charge on any atom is 0.472 e. The Bertz CT molecular complexity index is 1570. The van der Waals surface area contributed by atoms with E-state index in [0.717, 1.165) is 96.3 Å². The summed E-state index contributed by atoms with van der Waals surface area (Å²) < 4.78 is 67.5. The van der Waals surface area contributed by atoms with E-state index in [1.54, 1.807) is 0 Å². The highest BCUT2D eigenvalue weighted by atomic mass is 31.2. The highest BCUT2D eigenvalue weighted by molar-refractivity contribution is 7.47. The molecule has 3 N–H and O–H groups in total. The second-order valence-corrected chi connectivity index (χ2v) is 25.4. The van der Waals surface area contributed by atoms with Crippen LogP contribution in [0.4, 0.5) is 0 Å². The normalized spacial score (nSPS) is 14.2. The number of ether oxygens (including phenoxy) is 4. The summed E-state index contributed by atoms with van der Waals surface area (Å²) in [6.45, 7) is 4.69. The zero-order chi connectivity index (χ0) is 59.8. The average Bonchev–Trinajstić information content (AvgIpc) is 3.44. The third-order valence-electron chi connectivity index (χ3n) is 14.4. The molecule has 0 rings (SSSR count). The second kappa shape index (κ2) is 57.2. The first-order valence-corrected chi connectivity index (χ1v) is 35.8. The lowest BCUT2D eigenvalue weighted by Gasteiger charge is -2.21. The van der Waals surface area contributed by atoms with Crippen molar-refractivity contribution in [3.05, 3.63) is 0 Å². The van der Waals surface area contributed by atoms with Crippen LogP contribution in [0.25, 0.3) is 0 Å². The maximum absolute atomic E-state index is 13.0. The van der Waals surface area contributed by atoms with Gasteiger partial charge in [-0.15, -0.1) is 0 Å². The third-order valence-corrected chi connectivity index (χ3v) is 16.3. The first-order chi connectivity index (χ1) is 39.2. The number of hydrogen-bond acceptors (Lipinski definition) is 15. The van der Waals surface area contributed by atoms with Crippen LogP contribution in [0.1, 0.15) is 317 Å². The first kappa shape index (κ1) is 79.1. The van der Waals surface area contributed by atoms with Gasteiger partial charge in [-0.1, -0.05) is 265 Å². The van der Waals surface area contributed by atoms with Crippen LogP contribution >= 0.6 is 15.6 Å². The third kappa shape index (κ3) is 56.9. The first-order valence-electron chi connectivity index (χ1n) is 32.8. The van der Waals surface area contributed by atoms with Gasteiger partial charge in [-0.2, -0.15) is 0 Å². The van der Waals surface area contributed by atoms with Gasteiger partial charge in [-0.25, -0.2) is 9.13 Å². The number of rotatable bonds is 63. The Balaban J connectivity index is 5.04. The minimum absolute atomic E-state index is 0.0992. The van der Waals surface area contributed by atoms with Gasteiger partial charge >= 0.3 is 39.5 Å². The van der Waals surface area contributed by atoms with Crippen molar-refractivity contribution in [1.29, 1.82) is 0 Å². The summed E-state index contributed by atoms with van der Waals surface area (Å²) in [6.07, 6.45) is 42.6. The zero-order valence-corrected chi connectivity index (χ0v) is 53.5. The summed E-state index contributed by atoms with van der Waals surface area (Å²) in [5, 5.41) is 10.5. The lowest BCUT2D eigenvalue weighted by atomic mass is 10.0. The van der Waals surface area contributed by atoms with Gasteiger partial charge in [0, 0.05) is 25.7 Å². The van der Waals surface area contributed by atoms with Gasteiger partial charge in [0.05, 0.1) is 26.4 Å². The predicted octanol–water partition coefficient (Wildman–Crippen LogP) is 17.2. The largest absolute Gasteiger partial charge is 0.472 e. The van der Waals surface area contributed by atoms with Crippen LogP contribution in [0, 0.1) is 0 Å². The molecular weight excluding hydrogens is 1080 g/mol. The second-order valence-electron chi connectivity index (χ2n) is 22.4. The van der Waals surface area contributed by atoms with Crippen LogP contribution in [0.5, 0.6) is 0 Å². The smallest absolute Gasteiger partial charge is 0.462 e. The van der Waals surface area contributed by atoms with E-state index in [1.807, 2.05) is 0 Å². The van der Waals surface area contributed by atoms with E-state index in [0.29, 0.717) is 25.7 Å². The van der Waals surface area contributed by atoms with E-state index >= 15 is 0 Å². The molecule has 0 aromatic heterocycles. The lowest BCUT2D eigenvalue weighted by Crippen LogP contribution is -2.30. The van der Waals surface area contributed by atoms with Crippen molar-refractivity contribution < 1.29 is 80.2 Å². The van der Waals surface area contributed by atoms with Crippen LogP contribution in [-0.4, -0.2) is 96.7 Å². The van der Waals surface area contributed by atoms with Crippen molar-refractivity contribution in [1.82, 2.24) is 0 Å². The van der Waals surface area contributed by atoms with Crippen molar-refractivity contribution in [3.63, 3.8) is 0 Å². The molecule has 2 unspecified atom stereocenters. The monoisotopic (exact) mass is 1200 g/mol. The highest BCUT2D eigenvalue weighted by Crippen LogP contribution is 2.45. The van der Waals surface area contributed by atoms with Gasteiger partial charge in [0.25, 0.3) is 0 Å². The molecule has 0 spiro atoms. The van der Waals surface area contributed by atoms with Crippen LogP contribution < -0.4 is 0 Å². The number of phosphoric ester groups is 2. The van der Waals surface area contributed by atoms with E-state index in [-0.39, 0.29) is 25.7 Å². The molecule has 81 heavy (non-hydrogen) atoms. The SMILES string of the molecule is CCCCCCCCCCCCCCCCCCCCCCC(=O)O[C@H](COC(=O)CCCCCCCCCCCCC)COP(=O)(O)OC[C@@H](O)COP(=O)(O)OC[C@@H](COC(=O)CCCCCCC)OC(=O)CCCCCCC. The molecule has 5 atom stereocenters. The number of aliphatic hydroxyl groups is 1. The topological polar surface area (TPSA) is 237 Å². The summed E-state index contributed by atoms with van der Waals surface area (Å²) in [5.41, 5.74) is 0. The van der Waals surface area contributed by atoms with Crippen LogP contribution in [0.2, 0.25) is 0 Å². The fourth-order valence-electron chi connectivity index (χ4n) is 9.28. The molecule has 0 fully saturated rings. The Morgan fingerprint density at radius 1 is 0.296 bits per heavy atom. The number of carbonyl (C=O) groups excluding carboxylic acids is 4. The number of carbonyl (C=O) groups is 4. The minimum atomic E-state index is -4.94. The van der Waals surface area contributed by atoms with Crippen LogP contribution in [0.15, 0.2) is 0 Å². The van der Waals surface area contributed by atoms with Gasteiger partial charge in [0.1, 0.15) is 19.3 Å². The van der Waals surface area contributed by atoms with E-state index in [9.17, 15) is 43.2 Å². The molecule has 0 aliphatic heterocycles. The van der Waals surface area contributed by atoms with Gasteiger partial charge in [-0.05, 0) is 25.7 Å². The fourth-order valence-corrected chi connectivity index (χ4v) is 10.9. The van der Waals surface area contributed by atoms with Gasteiger partial charge in [0.2, 0.25) is 0 Å². The Labute approximate surface area is 492 Å². The molecule has 0 aromatic rings.